The zero-order chi connectivity index (χ0) is 10.8. The fourth-order valence-corrected chi connectivity index (χ4v) is 1.75. The number of morpholine rings is 1. The molecule has 0 unspecified atom stereocenters. The number of nitrogens with zero attached hydrogens (tertiary/aromatic N) is 2. The van der Waals surface area contributed by atoms with Crippen LogP contribution in [0.5, 0.6) is 0 Å². The Morgan fingerprint density at radius 2 is 2.53 bits per heavy atom. The van der Waals surface area contributed by atoms with Crippen LogP contribution in [-0.4, -0.2) is 46.8 Å². The molecule has 0 aliphatic carbocycles. The van der Waals surface area contributed by atoms with E-state index in [-0.39, 0.29) is 11.9 Å². The van der Waals surface area contributed by atoms with E-state index in [1.807, 2.05) is 18.7 Å². The monoisotopic (exact) mass is 209 g/mol. The predicted molar refractivity (Wildman–Crippen MR) is 54.6 cm³/mol. The number of aromatic amines is 1. The molecule has 1 aliphatic heterocycles. The highest BCUT2D eigenvalue weighted by molar-refractivity contribution is 5.95. The van der Waals surface area contributed by atoms with E-state index in [4.69, 9.17) is 4.74 Å². The molecule has 1 aliphatic rings. The van der Waals surface area contributed by atoms with Gasteiger partial charge in [0.2, 0.25) is 0 Å². The number of aryl methyl sites for hydroxylation is 1. The molecule has 1 amide bonds. The number of aromatic nitrogens is 2. The van der Waals surface area contributed by atoms with Crippen LogP contribution in [-0.2, 0) is 4.74 Å². The van der Waals surface area contributed by atoms with Gasteiger partial charge in [-0.05, 0) is 13.8 Å². The van der Waals surface area contributed by atoms with Gasteiger partial charge in [0.25, 0.3) is 5.91 Å². The predicted octanol–water partition coefficient (Wildman–Crippen LogP) is 0.579. The van der Waals surface area contributed by atoms with Gasteiger partial charge >= 0.3 is 0 Å². The Bertz CT molecular complexity index is 361. The normalized spacial score (nSPS) is 21.7. The van der Waals surface area contributed by atoms with Crippen LogP contribution in [0.25, 0.3) is 0 Å². The highest BCUT2D eigenvalue weighted by Gasteiger charge is 2.26. The summed E-state index contributed by atoms with van der Waals surface area (Å²) in [6.45, 7) is 5.73. The van der Waals surface area contributed by atoms with E-state index < -0.39 is 0 Å². The van der Waals surface area contributed by atoms with Crippen molar-refractivity contribution in [2.24, 2.45) is 0 Å². The zero-order valence-corrected chi connectivity index (χ0v) is 8.99. The fraction of sp³-hybridized carbons (Fsp3) is 0.600. The maximum absolute atomic E-state index is 12.1. The van der Waals surface area contributed by atoms with Gasteiger partial charge in [-0.1, -0.05) is 0 Å². The zero-order valence-electron chi connectivity index (χ0n) is 8.99. The minimum absolute atomic E-state index is 0.0389. The molecule has 0 spiro atoms. The van der Waals surface area contributed by atoms with Crippen LogP contribution in [0, 0.1) is 6.92 Å². The summed E-state index contributed by atoms with van der Waals surface area (Å²) in [4.78, 5) is 13.9. The third-order valence-electron chi connectivity index (χ3n) is 2.69. The average molecular weight is 209 g/mol. The smallest absolute Gasteiger partial charge is 0.257 e. The molecular formula is C10H15N3O2. The van der Waals surface area contributed by atoms with Gasteiger partial charge in [0.15, 0.2) is 0 Å². The Morgan fingerprint density at radius 1 is 1.73 bits per heavy atom. The van der Waals surface area contributed by atoms with E-state index >= 15 is 0 Å². The average Bonchev–Trinajstić information content (AvgIpc) is 2.64. The second kappa shape index (κ2) is 4.02. The van der Waals surface area contributed by atoms with Crippen molar-refractivity contribution in [1.82, 2.24) is 15.1 Å². The van der Waals surface area contributed by atoms with Crippen molar-refractivity contribution >= 4 is 5.91 Å². The molecule has 1 aromatic rings. The second-order valence-corrected chi connectivity index (χ2v) is 3.83. The Kier molecular flexibility index (Phi) is 2.73. The molecule has 0 radical (unpaired) electrons. The van der Waals surface area contributed by atoms with Gasteiger partial charge in [0.05, 0.1) is 31.0 Å². The van der Waals surface area contributed by atoms with Crippen molar-refractivity contribution in [3.63, 3.8) is 0 Å². The Balaban J connectivity index is 2.17. The lowest BCUT2D eigenvalue weighted by atomic mass is 10.2. The van der Waals surface area contributed by atoms with Crippen molar-refractivity contribution in [1.29, 1.82) is 0 Å². The quantitative estimate of drug-likeness (QED) is 0.736. The summed E-state index contributed by atoms with van der Waals surface area (Å²) < 4.78 is 5.29. The first-order chi connectivity index (χ1) is 7.20. The largest absolute Gasteiger partial charge is 0.377 e. The molecular weight excluding hydrogens is 194 g/mol. The first-order valence-corrected chi connectivity index (χ1v) is 5.09. The van der Waals surface area contributed by atoms with Gasteiger partial charge in [-0.2, -0.15) is 5.10 Å². The summed E-state index contributed by atoms with van der Waals surface area (Å²) in [6.07, 6.45) is 1.58. The number of carbonyl (C=O) groups is 1. The molecule has 1 N–H and O–H groups in total. The maximum atomic E-state index is 12.1. The number of H-pyrrole nitrogens is 1. The minimum atomic E-state index is 0.0389. The van der Waals surface area contributed by atoms with Crippen LogP contribution in [0.2, 0.25) is 0 Å². The van der Waals surface area contributed by atoms with Crippen LogP contribution < -0.4 is 0 Å². The number of amides is 1. The SMILES string of the molecule is Cc1[nH]ncc1C(=O)N1CCOC[C@H]1C. The topological polar surface area (TPSA) is 58.2 Å². The molecule has 82 valence electrons. The van der Waals surface area contributed by atoms with Gasteiger partial charge in [-0.15, -0.1) is 0 Å². The third-order valence-corrected chi connectivity index (χ3v) is 2.69. The number of carbonyl (C=O) groups excluding carboxylic acids is 1. The number of hydrogen-bond acceptors (Lipinski definition) is 3. The van der Waals surface area contributed by atoms with E-state index in [2.05, 4.69) is 10.2 Å². The van der Waals surface area contributed by atoms with Crippen molar-refractivity contribution in [2.45, 2.75) is 19.9 Å². The van der Waals surface area contributed by atoms with E-state index in [9.17, 15) is 4.79 Å². The minimum Gasteiger partial charge on any atom is -0.377 e. The van der Waals surface area contributed by atoms with E-state index in [1.54, 1.807) is 6.20 Å². The molecule has 5 nitrogen and oxygen atoms in total. The van der Waals surface area contributed by atoms with Crippen LogP contribution in [0.15, 0.2) is 6.20 Å². The van der Waals surface area contributed by atoms with E-state index in [0.29, 0.717) is 25.3 Å². The first-order valence-electron chi connectivity index (χ1n) is 5.09. The lowest BCUT2D eigenvalue weighted by molar-refractivity contribution is 0.00355. The van der Waals surface area contributed by atoms with E-state index in [1.165, 1.54) is 0 Å². The van der Waals surface area contributed by atoms with E-state index in [0.717, 1.165) is 5.69 Å². The van der Waals surface area contributed by atoms with Gasteiger partial charge in [0.1, 0.15) is 0 Å². The first kappa shape index (κ1) is 10.2. The van der Waals surface area contributed by atoms with Crippen molar-refractivity contribution in [3.8, 4) is 0 Å². The molecule has 0 aromatic carbocycles. The van der Waals surface area contributed by atoms with Gasteiger partial charge < -0.3 is 9.64 Å². The van der Waals surface area contributed by atoms with Crippen LogP contribution in [0.3, 0.4) is 0 Å². The summed E-state index contributed by atoms with van der Waals surface area (Å²) in [5.41, 5.74) is 1.47. The second-order valence-electron chi connectivity index (χ2n) is 3.83. The summed E-state index contributed by atoms with van der Waals surface area (Å²) in [6, 6.07) is 0.139. The molecule has 2 rings (SSSR count). The summed E-state index contributed by atoms with van der Waals surface area (Å²) in [7, 11) is 0. The van der Waals surface area contributed by atoms with Gasteiger partial charge in [0, 0.05) is 12.2 Å². The lowest BCUT2D eigenvalue weighted by Gasteiger charge is -2.33. The highest BCUT2D eigenvalue weighted by Crippen LogP contribution is 2.13. The molecule has 1 atom stereocenters. The highest BCUT2D eigenvalue weighted by atomic mass is 16.5. The number of nitrogens with one attached hydrogen (secondary N) is 1. The Morgan fingerprint density at radius 3 is 3.13 bits per heavy atom. The molecule has 1 saturated heterocycles. The summed E-state index contributed by atoms with van der Waals surface area (Å²) in [5, 5.41) is 6.63. The number of hydrogen-bond donors (Lipinski definition) is 1. The lowest BCUT2D eigenvalue weighted by Crippen LogP contribution is -2.47. The molecule has 1 aromatic heterocycles. The fourth-order valence-electron chi connectivity index (χ4n) is 1.75. The van der Waals surface area contributed by atoms with Gasteiger partial charge in [-0.25, -0.2) is 0 Å². The van der Waals surface area contributed by atoms with Gasteiger partial charge in [-0.3, -0.25) is 9.89 Å². The van der Waals surface area contributed by atoms with Crippen molar-refractivity contribution < 1.29 is 9.53 Å². The molecule has 1 fully saturated rings. The molecule has 5 heteroatoms. The third kappa shape index (κ3) is 1.87. The van der Waals surface area contributed by atoms with Crippen molar-refractivity contribution in [3.05, 3.63) is 17.5 Å². The molecule has 0 bridgehead atoms. The summed E-state index contributed by atoms with van der Waals surface area (Å²) >= 11 is 0. The molecule has 2 heterocycles. The molecule has 0 saturated carbocycles. The van der Waals surface area contributed by atoms with Crippen LogP contribution in [0.4, 0.5) is 0 Å². The molecule has 15 heavy (non-hydrogen) atoms. The Labute approximate surface area is 88.4 Å². The Hall–Kier alpha value is -1.36. The number of ether oxygens (including phenoxy) is 1. The van der Waals surface area contributed by atoms with Crippen LogP contribution >= 0.6 is 0 Å². The summed E-state index contributed by atoms with van der Waals surface area (Å²) in [5.74, 6) is 0.0389. The standard InChI is InChI=1S/C10H15N3O2/c1-7-6-15-4-3-13(7)10(14)9-5-11-12-8(9)2/h5,7H,3-4,6H2,1-2H3,(H,11,12)/t7-/m1/s1. The van der Waals surface area contributed by atoms with Crippen molar-refractivity contribution in [2.75, 3.05) is 19.8 Å². The number of rotatable bonds is 1. The van der Waals surface area contributed by atoms with Crippen LogP contribution in [0.1, 0.15) is 23.0 Å². The maximum Gasteiger partial charge on any atom is 0.257 e.